The quantitative estimate of drug-likeness (QED) is 0.266. The molecule has 2 aromatic carbocycles. The lowest BCUT2D eigenvalue weighted by Gasteiger charge is -2.29. The topological polar surface area (TPSA) is 84.9 Å². The number of carbonyl (C=O) groups excluding carboxylic acids is 3. The average Bonchev–Trinajstić information content (AvgIpc) is 3.33. The Labute approximate surface area is 187 Å². The van der Waals surface area contributed by atoms with Crippen LogP contribution in [0, 0.1) is 0 Å². The van der Waals surface area contributed by atoms with Crippen molar-refractivity contribution in [2.24, 2.45) is 0 Å². The number of hydrogen-bond acceptors (Lipinski definition) is 6. The summed E-state index contributed by atoms with van der Waals surface area (Å²) in [6.45, 7) is 5.54. The van der Waals surface area contributed by atoms with E-state index in [-0.39, 0.29) is 17.9 Å². The minimum atomic E-state index is -0.410. The molecule has 1 fully saturated rings. The maximum atomic E-state index is 13.1. The van der Waals surface area contributed by atoms with Gasteiger partial charge in [-0.05, 0) is 56.8 Å². The van der Waals surface area contributed by atoms with Crippen molar-refractivity contribution < 1.29 is 23.9 Å². The lowest BCUT2D eigenvalue weighted by atomic mass is 9.93. The van der Waals surface area contributed by atoms with Gasteiger partial charge < -0.3 is 14.8 Å². The Morgan fingerprint density at radius 3 is 2.62 bits per heavy atom. The van der Waals surface area contributed by atoms with Gasteiger partial charge in [-0.25, -0.2) is 4.79 Å². The Bertz CT molecular complexity index is 1020. The minimum Gasteiger partial charge on any atom is -0.493 e. The molecule has 32 heavy (non-hydrogen) atoms. The van der Waals surface area contributed by atoms with Gasteiger partial charge in [0, 0.05) is 40.6 Å². The zero-order valence-corrected chi connectivity index (χ0v) is 18.1. The summed E-state index contributed by atoms with van der Waals surface area (Å²) in [4.78, 5) is 38.7. The Balaban J connectivity index is 1.43. The van der Waals surface area contributed by atoms with Crippen LogP contribution in [0.15, 0.2) is 43.0 Å². The number of hydrogen-bond donors (Lipinski definition) is 1. The molecular weight excluding hydrogens is 408 g/mol. The number of imide groups is 1. The van der Waals surface area contributed by atoms with Crippen LogP contribution in [0.3, 0.4) is 0 Å². The molecule has 1 atom stereocenters. The molecule has 0 radical (unpaired) electrons. The lowest BCUT2D eigenvalue weighted by Crippen LogP contribution is -2.46. The van der Waals surface area contributed by atoms with Crippen molar-refractivity contribution in [3.05, 3.63) is 54.1 Å². The van der Waals surface area contributed by atoms with E-state index in [9.17, 15) is 14.4 Å². The van der Waals surface area contributed by atoms with Crippen LogP contribution in [-0.4, -0.2) is 55.0 Å². The fourth-order valence-electron chi connectivity index (χ4n) is 4.34. The highest BCUT2D eigenvalue weighted by Crippen LogP contribution is 2.35. The largest absolute Gasteiger partial charge is 0.493 e. The van der Waals surface area contributed by atoms with Gasteiger partial charge >= 0.3 is 5.97 Å². The summed E-state index contributed by atoms with van der Waals surface area (Å²) < 4.78 is 10.9. The third-order valence-corrected chi connectivity index (χ3v) is 5.97. The van der Waals surface area contributed by atoms with Crippen LogP contribution in [0.25, 0.3) is 10.8 Å². The standard InChI is InChI=1S/C25H28N2O5/c1-2-22(28)32-15-5-3-4-14-31-21-12-11-20-23-18(21)9-6-10-19(23)24(29)27(25(20)30)16-17-8-7-13-26-17/h2,6,9-12,17,26H,1,3-5,7-8,13-16H2. The van der Waals surface area contributed by atoms with Crippen molar-refractivity contribution in [1.29, 1.82) is 0 Å². The maximum absolute atomic E-state index is 13.1. The smallest absolute Gasteiger partial charge is 0.330 e. The van der Waals surface area contributed by atoms with Crippen molar-refractivity contribution in [3.8, 4) is 5.75 Å². The third kappa shape index (κ3) is 4.53. The SMILES string of the molecule is C=CC(=O)OCCCCCOc1ccc2c3c(cccc13)C(=O)N(CC1CCCN1)C2=O. The molecule has 2 heterocycles. The number of carbonyl (C=O) groups is 3. The molecule has 2 aliphatic heterocycles. The number of rotatable bonds is 10. The Morgan fingerprint density at radius 1 is 1.09 bits per heavy atom. The van der Waals surface area contributed by atoms with Crippen molar-refractivity contribution >= 4 is 28.6 Å². The minimum absolute atomic E-state index is 0.159. The van der Waals surface area contributed by atoms with Crippen molar-refractivity contribution in [2.75, 3.05) is 26.3 Å². The molecule has 0 aliphatic carbocycles. The maximum Gasteiger partial charge on any atom is 0.330 e. The molecule has 1 N–H and O–H groups in total. The van der Waals surface area contributed by atoms with Crippen LogP contribution >= 0.6 is 0 Å². The number of nitrogens with zero attached hydrogens (tertiary/aromatic N) is 1. The molecular formula is C25H28N2O5. The second-order valence-electron chi connectivity index (χ2n) is 8.13. The highest BCUT2D eigenvalue weighted by atomic mass is 16.5. The third-order valence-electron chi connectivity index (χ3n) is 5.97. The number of benzene rings is 2. The zero-order valence-electron chi connectivity index (χ0n) is 18.1. The molecule has 0 saturated carbocycles. The Kier molecular flexibility index (Phi) is 6.85. The Morgan fingerprint density at radius 2 is 1.88 bits per heavy atom. The van der Waals surface area contributed by atoms with E-state index < -0.39 is 5.97 Å². The van der Waals surface area contributed by atoms with Crippen LogP contribution in [0.4, 0.5) is 0 Å². The van der Waals surface area contributed by atoms with Gasteiger partial charge in [-0.15, -0.1) is 0 Å². The summed E-state index contributed by atoms with van der Waals surface area (Å²) in [6, 6.07) is 9.24. The van der Waals surface area contributed by atoms with E-state index in [2.05, 4.69) is 11.9 Å². The van der Waals surface area contributed by atoms with E-state index >= 15 is 0 Å². The molecule has 7 nitrogen and oxygen atoms in total. The highest BCUT2D eigenvalue weighted by molar-refractivity contribution is 6.26. The second kappa shape index (κ2) is 9.96. The normalized spacial score (nSPS) is 17.6. The first kappa shape index (κ1) is 22.0. The van der Waals surface area contributed by atoms with Gasteiger partial charge in [-0.3, -0.25) is 14.5 Å². The summed E-state index contributed by atoms with van der Waals surface area (Å²) >= 11 is 0. The first-order valence-electron chi connectivity index (χ1n) is 11.2. The van der Waals surface area contributed by atoms with E-state index in [0.717, 1.165) is 50.1 Å². The fourth-order valence-corrected chi connectivity index (χ4v) is 4.34. The van der Waals surface area contributed by atoms with Crippen LogP contribution < -0.4 is 10.1 Å². The predicted octanol–water partition coefficient (Wildman–Crippen LogP) is 3.47. The molecule has 168 valence electrons. The van der Waals surface area contributed by atoms with Gasteiger partial charge in [0.25, 0.3) is 11.8 Å². The summed E-state index contributed by atoms with van der Waals surface area (Å²) in [5.41, 5.74) is 1.09. The second-order valence-corrected chi connectivity index (χ2v) is 8.13. The van der Waals surface area contributed by atoms with Gasteiger partial charge in [-0.2, -0.15) is 0 Å². The summed E-state index contributed by atoms with van der Waals surface area (Å²) in [7, 11) is 0. The Hall–Kier alpha value is -3.19. The summed E-state index contributed by atoms with van der Waals surface area (Å²) in [6.07, 6.45) is 5.59. The molecule has 2 aliphatic rings. The van der Waals surface area contributed by atoms with Crippen LogP contribution in [0.1, 0.15) is 52.8 Å². The molecule has 2 aromatic rings. The average molecular weight is 437 g/mol. The summed E-state index contributed by atoms with van der Waals surface area (Å²) in [5, 5.41) is 4.81. The van der Waals surface area contributed by atoms with Gasteiger partial charge in [0.1, 0.15) is 5.75 Å². The van der Waals surface area contributed by atoms with E-state index in [1.54, 1.807) is 12.1 Å². The van der Waals surface area contributed by atoms with Gasteiger partial charge in [0.15, 0.2) is 0 Å². The number of esters is 1. The lowest BCUT2D eigenvalue weighted by molar-refractivity contribution is -0.137. The molecule has 0 aromatic heterocycles. The van der Waals surface area contributed by atoms with E-state index in [0.29, 0.717) is 42.0 Å². The first-order chi connectivity index (χ1) is 15.6. The molecule has 1 unspecified atom stereocenters. The molecule has 4 rings (SSSR count). The number of ether oxygens (including phenoxy) is 2. The van der Waals surface area contributed by atoms with Gasteiger partial charge in [0.2, 0.25) is 0 Å². The van der Waals surface area contributed by atoms with Crippen LogP contribution in [0.5, 0.6) is 5.75 Å². The van der Waals surface area contributed by atoms with Crippen LogP contribution in [-0.2, 0) is 9.53 Å². The molecule has 7 heteroatoms. The molecule has 1 saturated heterocycles. The zero-order chi connectivity index (χ0) is 22.5. The molecule has 2 amide bonds. The van der Waals surface area contributed by atoms with Crippen molar-refractivity contribution in [3.63, 3.8) is 0 Å². The highest BCUT2D eigenvalue weighted by Gasteiger charge is 2.35. The molecule has 0 bridgehead atoms. The first-order valence-corrected chi connectivity index (χ1v) is 11.2. The van der Waals surface area contributed by atoms with Gasteiger partial charge in [-0.1, -0.05) is 18.7 Å². The fraction of sp³-hybridized carbons (Fsp3) is 0.400. The van der Waals surface area contributed by atoms with Crippen molar-refractivity contribution in [2.45, 2.75) is 38.1 Å². The predicted molar refractivity (Wildman–Crippen MR) is 121 cm³/mol. The van der Waals surface area contributed by atoms with E-state index in [1.165, 1.54) is 4.90 Å². The van der Waals surface area contributed by atoms with Crippen LogP contribution in [0.2, 0.25) is 0 Å². The number of amides is 2. The number of nitrogens with one attached hydrogen (secondary N) is 1. The number of unbranched alkanes of at least 4 members (excludes halogenated alkanes) is 2. The van der Waals surface area contributed by atoms with E-state index in [4.69, 9.17) is 9.47 Å². The monoisotopic (exact) mass is 436 g/mol. The van der Waals surface area contributed by atoms with E-state index in [1.807, 2.05) is 18.2 Å². The molecule has 0 spiro atoms. The van der Waals surface area contributed by atoms with Crippen molar-refractivity contribution in [1.82, 2.24) is 10.2 Å². The summed E-state index contributed by atoms with van der Waals surface area (Å²) in [5.74, 6) is -0.233. The van der Waals surface area contributed by atoms with Gasteiger partial charge in [0.05, 0.1) is 13.2 Å².